The number of carbonyl (C=O) groups excluding carboxylic acids is 3. The number of nitrogens with zero attached hydrogens (tertiary/aromatic N) is 6. The van der Waals surface area contributed by atoms with Crippen LogP contribution in [0.5, 0.6) is 0 Å². The molecule has 1 saturated carbocycles. The van der Waals surface area contributed by atoms with Crippen LogP contribution in [-0.2, 0) is 22.7 Å². The first-order valence-electron chi connectivity index (χ1n) is 7.57. The lowest BCUT2D eigenvalue weighted by Crippen LogP contribution is -2.39. The second kappa shape index (κ2) is 5.82. The van der Waals surface area contributed by atoms with E-state index in [4.69, 9.17) is 0 Å². The number of aromatic nitrogens is 4. The highest BCUT2D eigenvalue weighted by molar-refractivity contribution is 6.44. The van der Waals surface area contributed by atoms with E-state index in [-0.39, 0.29) is 12.6 Å². The van der Waals surface area contributed by atoms with Crippen molar-refractivity contribution >= 4 is 17.8 Å². The van der Waals surface area contributed by atoms with Crippen LogP contribution in [-0.4, -0.2) is 53.9 Å². The van der Waals surface area contributed by atoms with E-state index < -0.39 is 17.8 Å². The number of imide groups is 2. The average Bonchev–Trinajstić information content (AvgIpc) is 3.20. The van der Waals surface area contributed by atoms with Gasteiger partial charge in [-0.25, -0.2) is 14.4 Å². The first-order chi connectivity index (χ1) is 10.6. The van der Waals surface area contributed by atoms with Crippen molar-refractivity contribution in [1.82, 2.24) is 30.0 Å². The van der Waals surface area contributed by atoms with E-state index >= 15 is 0 Å². The molecule has 0 radical (unpaired) electrons. The van der Waals surface area contributed by atoms with Gasteiger partial charge < -0.3 is 0 Å². The molecule has 3 rings (SSSR count). The van der Waals surface area contributed by atoms with Crippen LogP contribution >= 0.6 is 0 Å². The fraction of sp³-hybridized carbons (Fsp3) is 0.692. The Balaban J connectivity index is 1.79. The Morgan fingerprint density at radius 1 is 1.14 bits per heavy atom. The highest BCUT2D eigenvalue weighted by atomic mass is 16.2. The molecule has 2 heterocycles. The van der Waals surface area contributed by atoms with E-state index in [9.17, 15) is 14.4 Å². The molecule has 0 bridgehead atoms. The molecule has 1 aromatic rings. The van der Waals surface area contributed by atoms with Crippen molar-refractivity contribution in [3.8, 4) is 0 Å². The molecule has 1 aromatic heterocycles. The van der Waals surface area contributed by atoms with Gasteiger partial charge in [-0.3, -0.25) is 14.5 Å². The smallest absolute Gasteiger partial charge is 0.263 e. The standard InChI is InChI=1S/C13H18N6O3/c1-2-7-18-10(14-15-16-18)8-17-11(20)12(21)19(13(17)22)9-5-3-4-6-9/h9H,2-8H2,1H3. The second-order valence-corrected chi connectivity index (χ2v) is 5.61. The molecule has 0 unspecified atom stereocenters. The Labute approximate surface area is 127 Å². The lowest BCUT2D eigenvalue weighted by molar-refractivity contribution is -0.144. The maximum absolute atomic E-state index is 12.4. The Hall–Kier alpha value is -2.32. The Bertz CT molecular complexity index is 607. The normalized spacial score (nSPS) is 19.8. The van der Waals surface area contributed by atoms with Crippen LogP contribution in [0.15, 0.2) is 0 Å². The van der Waals surface area contributed by atoms with Crippen LogP contribution in [0.4, 0.5) is 4.79 Å². The fourth-order valence-corrected chi connectivity index (χ4v) is 3.01. The van der Waals surface area contributed by atoms with Gasteiger partial charge in [-0.1, -0.05) is 19.8 Å². The predicted molar refractivity (Wildman–Crippen MR) is 73.2 cm³/mol. The van der Waals surface area contributed by atoms with E-state index in [0.29, 0.717) is 12.4 Å². The zero-order chi connectivity index (χ0) is 15.7. The average molecular weight is 306 g/mol. The van der Waals surface area contributed by atoms with Crippen molar-refractivity contribution in [2.45, 2.75) is 58.2 Å². The summed E-state index contributed by atoms with van der Waals surface area (Å²) in [7, 11) is 0. The summed E-state index contributed by atoms with van der Waals surface area (Å²) in [5.74, 6) is -1.11. The van der Waals surface area contributed by atoms with Gasteiger partial charge in [-0.2, -0.15) is 0 Å². The number of urea groups is 1. The Kier molecular flexibility index (Phi) is 3.86. The molecule has 118 valence electrons. The molecular formula is C13H18N6O3. The minimum absolute atomic E-state index is 0.0698. The summed E-state index contributed by atoms with van der Waals surface area (Å²) in [6.07, 6.45) is 4.32. The molecule has 2 aliphatic rings. The van der Waals surface area contributed by atoms with Crippen molar-refractivity contribution in [2.75, 3.05) is 0 Å². The highest BCUT2D eigenvalue weighted by Gasteiger charge is 2.48. The summed E-state index contributed by atoms with van der Waals surface area (Å²) >= 11 is 0. The topological polar surface area (TPSA) is 101 Å². The SMILES string of the molecule is CCCn1nnnc1CN1C(=O)C(=O)N(C2CCCC2)C1=O. The van der Waals surface area contributed by atoms with E-state index in [0.717, 1.165) is 41.9 Å². The molecule has 0 aromatic carbocycles. The first kappa shape index (κ1) is 14.6. The molecule has 0 N–H and O–H groups in total. The molecule has 0 atom stereocenters. The third-order valence-electron chi connectivity index (χ3n) is 4.11. The number of tetrazole rings is 1. The number of hydrogen-bond acceptors (Lipinski definition) is 6. The first-order valence-corrected chi connectivity index (χ1v) is 7.57. The molecule has 1 aliphatic carbocycles. The molecule has 2 fully saturated rings. The lowest BCUT2D eigenvalue weighted by atomic mass is 10.2. The third-order valence-corrected chi connectivity index (χ3v) is 4.11. The molecule has 22 heavy (non-hydrogen) atoms. The van der Waals surface area contributed by atoms with E-state index in [1.54, 1.807) is 4.68 Å². The monoisotopic (exact) mass is 306 g/mol. The molecule has 1 saturated heterocycles. The van der Waals surface area contributed by atoms with Gasteiger partial charge in [-0.05, 0) is 29.7 Å². The molecule has 9 heteroatoms. The maximum Gasteiger partial charge on any atom is 0.334 e. The van der Waals surface area contributed by atoms with E-state index in [1.165, 1.54) is 0 Å². The molecule has 1 aliphatic heterocycles. The van der Waals surface area contributed by atoms with Crippen molar-refractivity contribution in [3.05, 3.63) is 5.82 Å². The number of amides is 4. The van der Waals surface area contributed by atoms with Crippen LogP contribution in [0.25, 0.3) is 0 Å². The van der Waals surface area contributed by atoms with Crippen molar-refractivity contribution in [3.63, 3.8) is 0 Å². The van der Waals surface area contributed by atoms with Gasteiger partial charge in [0.25, 0.3) is 0 Å². The molecular weight excluding hydrogens is 288 g/mol. The highest BCUT2D eigenvalue weighted by Crippen LogP contribution is 2.28. The van der Waals surface area contributed by atoms with Gasteiger partial charge in [0.1, 0.15) is 0 Å². The van der Waals surface area contributed by atoms with Gasteiger partial charge in [0.15, 0.2) is 5.82 Å². The minimum Gasteiger partial charge on any atom is -0.263 e. The number of hydrogen-bond donors (Lipinski definition) is 0. The quantitative estimate of drug-likeness (QED) is 0.573. The van der Waals surface area contributed by atoms with Crippen LogP contribution in [0.2, 0.25) is 0 Å². The van der Waals surface area contributed by atoms with Gasteiger partial charge in [0.2, 0.25) is 0 Å². The largest absolute Gasteiger partial charge is 0.334 e. The van der Waals surface area contributed by atoms with Crippen LogP contribution in [0, 0.1) is 0 Å². The maximum atomic E-state index is 12.4. The minimum atomic E-state index is -0.789. The molecule has 9 nitrogen and oxygen atoms in total. The van der Waals surface area contributed by atoms with Gasteiger partial charge in [-0.15, -0.1) is 5.10 Å². The van der Waals surface area contributed by atoms with E-state index in [2.05, 4.69) is 15.5 Å². The summed E-state index contributed by atoms with van der Waals surface area (Å²) in [5.41, 5.74) is 0. The summed E-state index contributed by atoms with van der Waals surface area (Å²) in [4.78, 5) is 38.7. The lowest BCUT2D eigenvalue weighted by Gasteiger charge is -2.20. The number of carbonyl (C=O) groups is 3. The summed E-state index contributed by atoms with van der Waals surface area (Å²) in [5, 5.41) is 11.2. The van der Waals surface area contributed by atoms with Crippen LogP contribution < -0.4 is 0 Å². The number of rotatable bonds is 5. The summed E-state index contributed by atoms with van der Waals surface area (Å²) in [6, 6.07) is -0.700. The second-order valence-electron chi connectivity index (χ2n) is 5.61. The predicted octanol–water partition coefficient (Wildman–Crippen LogP) is 0.316. The summed E-state index contributed by atoms with van der Waals surface area (Å²) < 4.78 is 1.54. The van der Waals surface area contributed by atoms with Crippen molar-refractivity contribution in [2.24, 2.45) is 0 Å². The molecule has 0 spiro atoms. The zero-order valence-corrected chi connectivity index (χ0v) is 12.4. The Morgan fingerprint density at radius 2 is 1.86 bits per heavy atom. The van der Waals surface area contributed by atoms with Gasteiger partial charge >= 0.3 is 17.8 Å². The third kappa shape index (κ3) is 2.36. The van der Waals surface area contributed by atoms with E-state index in [1.807, 2.05) is 6.92 Å². The number of aryl methyl sites for hydroxylation is 1. The summed E-state index contributed by atoms with van der Waals surface area (Å²) in [6.45, 7) is 2.50. The van der Waals surface area contributed by atoms with Crippen LogP contribution in [0.3, 0.4) is 0 Å². The van der Waals surface area contributed by atoms with Crippen molar-refractivity contribution < 1.29 is 14.4 Å². The Morgan fingerprint density at radius 3 is 2.55 bits per heavy atom. The van der Waals surface area contributed by atoms with Gasteiger partial charge in [0, 0.05) is 12.6 Å². The van der Waals surface area contributed by atoms with Crippen molar-refractivity contribution in [1.29, 1.82) is 0 Å². The van der Waals surface area contributed by atoms with Crippen LogP contribution in [0.1, 0.15) is 44.9 Å². The molecule has 4 amide bonds. The fourth-order valence-electron chi connectivity index (χ4n) is 3.01. The zero-order valence-electron chi connectivity index (χ0n) is 12.4. The van der Waals surface area contributed by atoms with Gasteiger partial charge in [0.05, 0.1) is 6.54 Å².